The molecule has 1 aromatic carbocycles. The summed E-state index contributed by atoms with van der Waals surface area (Å²) in [5.41, 5.74) is 7.74. The second-order valence-corrected chi connectivity index (χ2v) is 6.82. The van der Waals surface area contributed by atoms with Crippen LogP contribution in [0.15, 0.2) is 24.3 Å². The van der Waals surface area contributed by atoms with Crippen LogP contribution < -0.4 is 11.1 Å². The van der Waals surface area contributed by atoms with Crippen molar-refractivity contribution in [2.24, 2.45) is 11.7 Å². The van der Waals surface area contributed by atoms with Crippen LogP contribution in [-0.2, 0) is 11.3 Å². The lowest BCUT2D eigenvalue weighted by Crippen LogP contribution is -2.42. The van der Waals surface area contributed by atoms with Crippen molar-refractivity contribution in [1.82, 2.24) is 10.2 Å². The lowest BCUT2D eigenvalue weighted by molar-refractivity contribution is -0.132. The van der Waals surface area contributed by atoms with Gasteiger partial charge >= 0.3 is 0 Å². The highest BCUT2D eigenvalue weighted by atomic mass is 16.2. The van der Waals surface area contributed by atoms with Crippen LogP contribution in [-0.4, -0.2) is 36.9 Å². The first kappa shape index (κ1) is 18.5. The molecule has 2 amide bonds. The quantitative estimate of drug-likeness (QED) is 0.840. The molecule has 1 atom stereocenters. The van der Waals surface area contributed by atoms with Gasteiger partial charge in [-0.3, -0.25) is 9.59 Å². The zero-order valence-corrected chi connectivity index (χ0v) is 14.8. The Hall–Kier alpha value is -1.88. The highest BCUT2D eigenvalue weighted by molar-refractivity contribution is 5.93. The number of hydrogen-bond donors (Lipinski definition) is 2. The largest absolute Gasteiger partial charge is 0.355 e. The average molecular weight is 331 g/mol. The molecule has 0 aromatic heterocycles. The van der Waals surface area contributed by atoms with E-state index < -0.39 is 6.04 Å². The highest BCUT2D eigenvalue weighted by Crippen LogP contribution is 2.27. The fourth-order valence-electron chi connectivity index (χ4n) is 3.42. The van der Waals surface area contributed by atoms with E-state index in [4.69, 9.17) is 5.73 Å². The molecule has 1 aromatic rings. The van der Waals surface area contributed by atoms with Crippen molar-refractivity contribution in [1.29, 1.82) is 0 Å². The maximum absolute atomic E-state index is 12.5. The van der Waals surface area contributed by atoms with Gasteiger partial charge in [-0.1, -0.05) is 44.2 Å². The van der Waals surface area contributed by atoms with Crippen molar-refractivity contribution < 1.29 is 9.59 Å². The van der Waals surface area contributed by atoms with E-state index in [9.17, 15) is 9.59 Å². The maximum Gasteiger partial charge on any atom is 0.251 e. The van der Waals surface area contributed by atoms with Crippen LogP contribution in [0.4, 0.5) is 0 Å². The van der Waals surface area contributed by atoms with Gasteiger partial charge in [0.15, 0.2) is 0 Å². The Morgan fingerprint density at radius 1 is 1.21 bits per heavy atom. The van der Waals surface area contributed by atoms with Gasteiger partial charge in [-0.2, -0.15) is 0 Å². The van der Waals surface area contributed by atoms with E-state index in [0.29, 0.717) is 18.0 Å². The van der Waals surface area contributed by atoms with Crippen molar-refractivity contribution >= 4 is 11.8 Å². The smallest absolute Gasteiger partial charge is 0.251 e. The van der Waals surface area contributed by atoms with E-state index in [1.54, 1.807) is 31.1 Å². The number of rotatable bonds is 6. The van der Waals surface area contributed by atoms with Crippen LogP contribution in [0.5, 0.6) is 0 Å². The molecule has 1 aliphatic rings. The van der Waals surface area contributed by atoms with E-state index >= 15 is 0 Å². The summed E-state index contributed by atoms with van der Waals surface area (Å²) in [4.78, 5) is 25.7. The van der Waals surface area contributed by atoms with E-state index in [1.807, 2.05) is 12.1 Å². The Labute approximate surface area is 144 Å². The summed E-state index contributed by atoms with van der Waals surface area (Å²) in [5.74, 6) is 0.481. The van der Waals surface area contributed by atoms with Gasteiger partial charge in [-0.15, -0.1) is 0 Å². The van der Waals surface area contributed by atoms with Crippen LogP contribution in [0.25, 0.3) is 0 Å². The van der Waals surface area contributed by atoms with Crippen molar-refractivity contribution in [2.45, 2.75) is 51.1 Å². The summed E-state index contributed by atoms with van der Waals surface area (Å²) < 4.78 is 0. The van der Waals surface area contributed by atoms with Crippen molar-refractivity contribution in [3.05, 3.63) is 35.4 Å². The van der Waals surface area contributed by atoms with Gasteiger partial charge in [-0.25, -0.2) is 0 Å². The number of nitrogens with one attached hydrogen (secondary N) is 1. The molecule has 0 saturated heterocycles. The fraction of sp³-hybridized carbons (Fsp3) is 0.579. The molecule has 2 rings (SSSR count). The Morgan fingerprint density at radius 3 is 2.42 bits per heavy atom. The standard InChI is InChI=1S/C19H29N3O2/c1-21-18(23)16-10-8-15(9-11-16)13-22(2)19(24)17(20)12-14-6-4-3-5-7-14/h8-11,14,17H,3-7,12-13,20H2,1-2H3,(H,21,23). The summed E-state index contributed by atoms with van der Waals surface area (Å²) in [6.07, 6.45) is 7.03. The molecule has 3 N–H and O–H groups in total. The van der Waals surface area contributed by atoms with Crippen LogP contribution in [0.1, 0.15) is 54.4 Å². The molecule has 0 aliphatic heterocycles. The van der Waals surface area contributed by atoms with Gasteiger partial charge in [0.25, 0.3) is 5.91 Å². The second kappa shape index (κ2) is 8.83. The van der Waals surface area contributed by atoms with E-state index in [1.165, 1.54) is 32.1 Å². The number of carbonyl (C=O) groups is 2. The summed E-state index contributed by atoms with van der Waals surface area (Å²) in [7, 11) is 3.39. The molecule has 0 spiro atoms. The zero-order valence-electron chi connectivity index (χ0n) is 14.8. The molecular weight excluding hydrogens is 302 g/mol. The summed E-state index contributed by atoms with van der Waals surface area (Å²) >= 11 is 0. The minimum atomic E-state index is -0.414. The number of nitrogens with two attached hydrogens (primary N) is 1. The number of hydrogen-bond acceptors (Lipinski definition) is 3. The van der Waals surface area contributed by atoms with Gasteiger partial charge in [0.05, 0.1) is 6.04 Å². The van der Waals surface area contributed by atoms with Crippen LogP contribution in [0.2, 0.25) is 0 Å². The molecule has 1 saturated carbocycles. The molecule has 5 heteroatoms. The van der Waals surface area contributed by atoms with Crippen LogP contribution >= 0.6 is 0 Å². The fourth-order valence-corrected chi connectivity index (χ4v) is 3.42. The number of amides is 2. The highest BCUT2D eigenvalue weighted by Gasteiger charge is 2.23. The number of nitrogens with zero attached hydrogens (tertiary/aromatic N) is 1. The monoisotopic (exact) mass is 331 g/mol. The molecule has 5 nitrogen and oxygen atoms in total. The van der Waals surface area contributed by atoms with Gasteiger partial charge in [0, 0.05) is 26.2 Å². The molecule has 132 valence electrons. The Balaban J connectivity index is 1.87. The van der Waals surface area contributed by atoms with Crippen molar-refractivity contribution in [3.8, 4) is 0 Å². The summed E-state index contributed by atoms with van der Waals surface area (Å²) in [6.45, 7) is 0.505. The molecule has 0 heterocycles. The van der Waals surface area contributed by atoms with Gasteiger partial charge in [0.2, 0.25) is 5.91 Å². The van der Waals surface area contributed by atoms with E-state index in [2.05, 4.69) is 5.32 Å². The molecule has 0 radical (unpaired) electrons. The van der Waals surface area contributed by atoms with Crippen molar-refractivity contribution in [3.63, 3.8) is 0 Å². The molecule has 0 bridgehead atoms. The Kier molecular flexibility index (Phi) is 6.79. The molecule has 1 fully saturated rings. The van der Waals surface area contributed by atoms with Gasteiger partial charge in [-0.05, 0) is 30.0 Å². The van der Waals surface area contributed by atoms with E-state index in [-0.39, 0.29) is 11.8 Å². The summed E-state index contributed by atoms with van der Waals surface area (Å²) in [5, 5.41) is 2.59. The van der Waals surface area contributed by atoms with Gasteiger partial charge < -0.3 is 16.0 Å². The molecular formula is C19H29N3O2. The molecule has 1 unspecified atom stereocenters. The first-order valence-electron chi connectivity index (χ1n) is 8.83. The predicted octanol–water partition coefficient (Wildman–Crippen LogP) is 2.30. The topological polar surface area (TPSA) is 75.4 Å². The molecule has 1 aliphatic carbocycles. The third-order valence-electron chi connectivity index (χ3n) is 4.87. The number of benzene rings is 1. The van der Waals surface area contributed by atoms with E-state index in [0.717, 1.165) is 12.0 Å². The minimum absolute atomic E-state index is 0.00375. The van der Waals surface area contributed by atoms with Crippen LogP contribution in [0.3, 0.4) is 0 Å². The third kappa shape index (κ3) is 5.06. The lowest BCUT2D eigenvalue weighted by atomic mass is 9.85. The number of likely N-dealkylation sites (N-methyl/N-ethyl adjacent to an activating group) is 1. The van der Waals surface area contributed by atoms with Gasteiger partial charge in [0.1, 0.15) is 0 Å². The maximum atomic E-state index is 12.5. The minimum Gasteiger partial charge on any atom is -0.355 e. The normalized spacial score (nSPS) is 16.5. The lowest BCUT2D eigenvalue weighted by Gasteiger charge is -2.27. The zero-order chi connectivity index (χ0) is 17.5. The second-order valence-electron chi connectivity index (χ2n) is 6.82. The SMILES string of the molecule is CNC(=O)c1ccc(CN(C)C(=O)C(N)CC2CCCCC2)cc1. The van der Waals surface area contributed by atoms with Crippen LogP contribution in [0, 0.1) is 5.92 Å². The Morgan fingerprint density at radius 2 is 1.83 bits per heavy atom. The average Bonchev–Trinajstić information content (AvgIpc) is 2.61. The number of carbonyl (C=O) groups excluding carboxylic acids is 2. The third-order valence-corrected chi connectivity index (χ3v) is 4.87. The first-order valence-corrected chi connectivity index (χ1v) is 8.83. The molecule has 24 heavy (non-hydrogen) atoms. The van der Waals surface area contributed by atoms with Crippen molar-refractivity contribution in [2.75, 3.05) is 14.1 Å². The Bertz CT molecular complexity index is 550. The first-order chi connectivity index (χ1) is 11.5. The summed E-state index contributed by atoms with van der Waals surface area (Å²) in [6, 6.07) is 6.88. The predicted molar refractivity (Wildman–Crippen MR) is 95.5 cm³/mol.